The highest BCUT2D eigenvalue weighted by atomic mass is 35.5. The summed E-state index contributed by atoms with van der Waals surface area (Å²) in [7, 11) is 0. The number of hydrogen-bond donors (Lipinski definition) is 0. The fraction of sp³-hybridized carbons (Fsp3) is 0.357. The summed E-state index contributed by atoms with van der Waals surface area (Å²) < 4.78 is 5.08. The molecule has 0 amide bonds. The molecule has 2 nitrogen and oxygen atoms in total. The summed E-state index contributed by atoms with van der Waals surface area (Å²) in [5.41, 5.74) is 0.971. The van der Waals surface area contributed by atoms with Gasteiger partial charge in [0.25, 0.3) is 0 Å². The maximum atomic E-state index is 11.4. The van der Waals surface area contributed by atoms with Gasteiger partial charge in [-0.15, -0.1) is 0 Å². The monoisotopic (exact) mass is 252 g/mol. The van der Waals surface area contributed by atoms with E-state index in [1.54, 1.807) is 0 Å². The third-order valence-corrected chi connectivity index (χ3v) is 2.57. The first kappa shape index (κ1) is 13.8. The molecule has 0 atom stereocenters. The van der Waals surface area contributed by atoms with Gasteiger partial charge in [-0.25, -0.2) is 4.79 Å². The number of hydrogen-bond acceptors (Lipinski definition) is 2. The molecule has 0 aromatic heterocycles. The summed E-state index contributed by atoms with van der Waals surface area (Å²) >= 11 is 5.90. The van der Waals surface area contributed by atoms with Crippen LogP contribution in [0.2, 0.25) is 0 Å². The van der Waals surface area contributed by atoms with Gasteiger partial charge < -0.3 is 4.74 Å². The van der Waals surface area contributed by atoms with Crippen LogP contribution in [-0.4, -0.2) is 5.97 Å². The molecule has 0 aliphatic heterocycles. The first-order valence-electron chi connectivity index (χ1n) is 5.79. The maximum absolute atomic E-state index is 11.4. The van der Waals surface area contributed by atoms with E-state index in [0.29, 0.717) is 5.03 Å². The highest BCUT2D eigenvalue weighted by molar-refractivity contribution is 6.30. The van der Waals surface area contributed by atoms with E-state index in [0.717, 1.165) is 24.8 Å². The molecule has 0 heterocycles. The molecule has 0 radical (unpaired) electrons. The van der Waals surface area contributed by atoms with Crippen molar-refractivity contribution in [2.75, 3.05) is 0 Å². The van der Waals surface area contributed by atoms with Gasteiger partial charge in [0.15, 0.2) is 0 Å². The zero-order valence-corrected chi connectivity index (χ0v) is 10.7. The van der Waals surface area contributed by atoms with Crippen LogP contribution in [0.15, 0.2) is 41.4 Å². The number of carbonyl (C=O) groups excluding carboxylic acids is 1. The van der Waals surface area contributed by atoms with Crippen molar-refractivity contribution in [1.82, 2.24) is 0 Å². The molecule has 1 rings (SSSR count). The maximum Gasteiger partial charge on any atom is 0.332 e. The Bertz CT molecular complexity index is 371. The Morgan fingerprint density at radius 3 is 2.71 bits per heavy atom. The molecule has 92 valence electrons. The van der Waals surface area contributed by atoms with E-state index in [-0.39, 0.29) is 12.6 Å². The molecule has 3 heteroatoms. The van der Waals surface area contributed by atoms with E-state index in [4.69, 9.17) is 16.3 Å². The Morgan fingerprint density at radius 2 is 2.06 bits per heavy atom. The molecule has 0 saturated heterocycles. The Kier molecular flexibility index (Phi) is 6.41. The molecular formula is C14H17ClO2. The third-order valence-electron chi connectivity index (χ3n) is 2.27. The van der Waals surface area contributed by atoms with Crippen LogP contribution in [0.3, 0.4) is 0 Å². The second-order valence-corrected chi connectivity index (χ2v) is 4.27. The quantitative estimate of drug-likeness (QED) is 0.564. The number of carbonyl (C=O) groups is 1. The molecule has 1 aromatic rings. The van der Waals surface area contributed by atoms with Gasteiger partial charge in [0.2, 0.25) is 0 Å². The van der Waals surface area contributed by atoms with Crippen LogP contribution in [0.4, 0.5) is 0 Å². The molecule has 0 N–H and O–H groups in total. The average Bonchev–Trinajstić information content (AvgIpc) is 2.35. The molecule has 0 aliphatic carbocycles. The molecule has 0 saturated carbocycles. The Hall–Kier alpha value is -1.28. The number of ether oxygens (including phenoxy) is 1. The summed E-state index contributed by atoms with van der Waals surface area (Å²) in [4.78, 5) is 11.4. The highest BCUT2D eigenvalue weighted by Gasteiger charge is 2.01. The lowest BCUT2D eigenvalue weighted by Gasteiger charge is -2.02. The van der Waals surface area contributed by atoms with E-state index < -0.39 is 0 Å². The number of rotatable bonds is 6. The van der Waals surface area contributed by atoms with Gasteiger partial charge in [-0.2, -0.15) is 0 Å². The van der Waals surface area contributed by atoms with Crippen molar-refractivity contribution in [3.05, 3.63) is 47.0 Å². The topological polar surface area (TPSA) is 26.3 Å². The van der Waals surface area contributed by atoms with Gasteiger partial charge in [0.05, 0.1) is 0 Å². The first-order chi connectivity index (χ1) is 8.22. The molecule has 0 unspecified atom stereocenters. The molecule has 17 heavy (non-hydrogen) atoms. The van der Waals surface area contributed by atoms with Crippen molar-refractivity contribution in [3.63, 3.8) is 0 Å². The SMILES string of the molecule is CCCCC(Cl)=CC(=O)OCc1ccccc1. The molecule has 0 aliphatic rings. The van der Waals surface area contributed by atoms with E-state index in [1.807, 2.05) is 30.3 Å². The van der Waals surface area contributed by atoms with Crippen LogP contribution in [-0.2, 0) is 16.1 Å². The van der Waals surface area contributed by atoms with Gasteiger partial charge in [0, 0.05) is 11.1 Å². The van der Waals surface area contributed by atoms with Crippen LogP contribution < -0.4 is 0 Å². The fourth-order valence-electron chi connectivity index (χ4n) is 1.32. The van der Waals surface area contributed by atoms with Crippen LogP contribution in [0, 0.1) is 0 Å². The molecule has 1 aromatic carbocycles. The summed E-state index contributed by atoms with van der Waals surface area (Å²) in [6, 6.07) is 9.57. The Balaban J connectivity index is 2.35. The van der Waals surface area contributed by atoms with Crippen LogP contribution in [0.25, 0.3) is 0 Å². The van der Waals surface area contributed by atoms with Crippen molar-refractivity contribution < 1.29 is 9.53 Å². The Morgan fingerprint density at radius 1 is 1.35 bits per heavy atom. The van der Waals surface area contributed by atoms with Gasteiger partial charge in [-0.05, 0) is 18.4 Å². The van der Waals surface area contributed by atoms with E-state index in [9.17, 15) is 4.79 Å². The van der Waals surface area contributed by atoms with Crippen molar-refractivity contribution in [1.29, 1.82) is 0 Å². The largest absolute Gasteiger partial charge is 0.458 e. The molecular weight excluding hydrogens is 236 g/mol. The lowest BCUT2D eigenvalue weighted by Crippen LogP contribution is -2.01. The van der Waals surface area contributed by atoms with Crippen molar-refractivity contribution in [3.8, 4) is 0 Å². The molecule has 0 spiro atoms. The second-order valence-electron chi connectivity index (χ2n) is 3.79. The number of unbranched alkanes of at least 4 members (excludes halogenated alkanes) is 1. The predicted molar refractivity (Wildman–Crippen MR) is 69.7 cm³/mol. The van der Waals surface area contributed by atoms with Gasteiger partial charge in [-0.1, -0.05) is 55.3 Å². The van der Waals surface area contributed by atoms with E-state index in [2.05, 4.69) is 6.92 Å². The Labute approximate surface area is 107 Å². The minimum Gasteiger partial charge on any atom is -0.458 e. The standard InChI is InChI=1S/C14H17ClO2/c1-2-3-9-13(15)10-14(16)17-11-12-7-5-4-6-8-12/h4-8,10H,2-3,9,11H2,1H3. The van der Waals surface area contributed by atoms with Crippen LogP contribution >= 0.6 is 11.6 Å². The van der Waals surface area contributed by atoms with E-state index >= 15 is 0 Å². The summed E-state index contributed by atoms with van der Waals surface area (Å²) in [5.74, 6) is -0.380. The molecule has 0 fully saturated rings. The smallest absolute Gasteiger partial charge is 0.332 e. The lowest BCUT2D eigenvalue weighted by molar-refractivity contribution is -0.139. The van der Waals surface area contributed by atoms with Crippen LogP contribution in [0.1, 0.15) is 31.7 Å². The van der Waals surface area contributed by atoms with Gasteiger partial charge in [0.1, 0.15) is 6.61 Å². The molecule has 0 bridgehead atoms. The first-order valence-corrected chi connectivity index (χ1v) is 6.17. The zero-order valence-electron chi connectivity index (χ0n) is 9.99. The fourth-order valence-corrected chi connectivity index (χ4v) is 1.54. The number of esters is 1. The average molecular weight is 253 g/mol. The third kappa shape index (κ3) is 6.12. The summed E-state index contributed by atoms with van der Waals surface area (Å²) in [6.45, 7) is 2.37. The van der Waals surface area contributed by atoms with E-state index in [1.165, 1.54) is 6.08 Å². The second kappa shape index (κ2) is 7.91. The minimum atomic E-state index is -0.380. The zero-order chi connectivity index (χ0) is 12.5. The lowest BCUT2D eigenvalue weighted by atomic mass is 10.2. The summed E-state index contributed by atoms with van der Waals surface area (Å²) in [5, 5.41) is 0.560. The highest BCUT2D eigenvalue weighted by Crippen LogP contribution is 2.12. The van der Waals surface area contributed by atoms with Gasteiger partial charge >= 0.3 is 5.97 Å². The minimum absolute atomic E-state index is 0.286. The predicted octanol–water partition coefficient (Wildman–Crippen LogP) is 4.04. The van der Waals surface area contributed by atoms with Crippen molar-refractivity contribution >= 4 is 17.6 Å². The number of halogens is 1. The van der Waals surface area contributed by atoms with Crippen LogP contribution in [0.5, 0.6) is 0 Å². The van der Waals surface area contributed by atoms with Gasteiger partial charge in [-0.3, -0.25) is 0 Å². The summed E-state index contributed by atoms with van der Waals surface area (Å²) in [6.07, 6.45) is 4.14. The normalized spacial score (nSPS) is 11.3. The number of allylic oxidation sites excluding steroid dienone is 1. The van der Waals surface area contributed by atoms with Crippen molar-refractivity contribution in [2.45, 2.75) is 32.8 Å². The van der Waals surface area contributed by atoms with Crippen molar-refractivity contribution in [2.24, 2.45) is 0 Å². The number of benzene rings is 1.